The van der Waals surface area contributed by atoms with Gasteiger partial charge in [-0.1, -0.05) is 18.9 Å². The second-order valence-corrected chi connectivity index (χ2v) is 10.2. The van der Waals surface area contributed by atoms with Crippen molar-refractivity contribution in [3.8, 4) is 5.75 Å². The fraction of sp³-hybridized carbons (Fsp3) is 0.538. The van der Waals surface area contributed by atoms with Crippen LogP contribution in [0.15, 0.2) is 30.6 Å². The fourth-order valence-electron chi connectivity index (χ4n) is 5.29. The van der Waals surface area contributed by atoms with Crippen LogP contribution < -0.4 is 26.4 Å². The molecule has 2 saturated carbocycles. The highest BCUT2D eigenvalue weighted by Crippen LogP contribution is 2.33. The lowest BCUT2D eigenvalue weighted by Gasteiger charge is -2.27. The van der Waals surface area contributed by atoms with Gasteiger partial charge in [0.15, 0.2) is 17.0 Å². The summed E-state index contributed by atoms with van der Waals surface area (Å²) in [6, 6.07) is 5.79. The number of nitrogens with zero attached hydrogens (tertiary/aromatic N) is 4. The summed E-state index contributed by atoms with van der Waals surface area (Å²) in [6.07, 6.45) is 5.34. The van der Waals surface area contributed by atoms with Crippen LogP contribution in [0.3, 0.4) is 0 Å². The molecule has 13 heteroatoms. The van der Waals surface area contributed by atoms with Crippen molar-refractivity contribution in [2.45, 2.75) is 75.9 Å². The van der Waals surface area contributed by atoms with E-state index in [9.17, 15) is 18.0 Å². The van der Waals surface area contributed by atoms with Gasteiger partial charge >= 0.3 is 6.36 Å². The first-order valence-corrected chi connectivity index (χ1v) is 13.4. The smallest absolute Gasteiger partial charge is 0.406 e. The Hall–Kier alpha value is -3.61. The average Bonchev–Trinajstić information content (AvgIpc) is 3.57. The van der Waals surface area contributed by atoms with Crippen molar-refractivity contribution in [2.24, 2.45) is 5.73 Å². The quantitative estimate of drug-likeness (QED) is 0.291. The molecule has 3 aromatic rings. The molecule has 1 aromatic carbocycles. The number of anilines is 2. The molecule has 2 aliphatic rings. The number of fused-ring (bicyclic) bond motifs is 1. The van der Waals surface area contributed by atoms with Crippen LogP contribution in [0.2, 0.25) is 0 Å². The Labute approximate surface area is 223 Å². The number of alkyl halides is 3. The molecule has 5 N–H and O–H groups in total. The minimum Gasteiger partial charge on any atom is -0.406 e. The summed E-state index contributed by atoms with van der Waals surface area (Å²) in [7, 11) is 0. The third-order valence-corrected chi connectivity index (χ3v) is 7.28. The molecule has 2 fully saturated rings. The molecule has 2 heterocycles. The summed E-state index contributed by atoms with van der Waals surface area (Å²) < 4.78 is 43.5. The van der Waals surface area contributed by atoms with Gasteiger partial charge in [-0.25, -0.2) is 4.98 Å². The number of halogens is 3. The summed E-state index contributed by atoms with van der Waals surface area (Å²) in [6.45, 7) is 0.534. The predicted octanol–water partition coefficient (Wildman–Crippen LogP) is 4.36. The van der Waals surface area contributed by atoms with E-state index in [4.69, 9.17) is 15.7 Å². The number of benzene rings is 1. The van der Waals surface area contributed by atoms with Crippen molar-refractivity contribution in [1.29, 1.82) is 0 Å². The van der Waals surface area contributed by atoms with Gasteiger partial charge in [-0.2, -0.15) is 9.97 Å². The standard InChI is InChI=1S/C26H33F3N8O2/c27-26(28,29)39-20-7-3-4-16(14-20)24(38)32-13-12-31-22-21-23(37(15-33-21)19-5-1-2-6-19)36-25(35-22)34-18-10-8-17(30)9-11-18/h3-4,7,14-15,17-19H,1-2,5-6,8-13,30H2,(H,32,38)(H2,31,34,35,36). The van der Waals surface area contributed by atoms with E-state index in [0.29, 0.717) is 29.9 Å². The lowest BCUT2D eigenvalue weighted by Crippen LogP contribution is -2.33. The zero-order valence-electron chi connectivity index (χ0n) is 21.5. The Morgan fingerprint density at radius 2 is 1.85 bits per heavy atom. The van der Waals surface area contributed by atoms with Gasteiger partial charge < -0.3 is 31.0 Å². The zero-order chi connectivity index (χ0) is 27.4. The number of ether oxygens (including phenoxy) is 1. The van der Waals surface area contributed by atoms with Gasteiger partial charge in [0.25, 0.3) is 5.91 Å². The molecule has 2 aromatic heterocycles. The number of rotatable bonds is 9. The molecule has 2 aliphatic carbocycles. The molecule has 0 saturated heterocycles. The maximum absolute atomic E-state index is 12.5. The van der Waals surface area contributed by atoms with Gasteiger partial charge in [-0.3, -0.25) is 4.79 Å². The minimum atomic E-state index is -4.83. The molecule has 0 aliphatic heterocycles. The molecular formula is C26H33F3N8O2. The van der Waals surface area contributed by atoms with Crippen LogP contribution in [-0.2, 0) is 0 Å². The molecule has 0 bridgehead atoms. The molecule has 0 unspecified atom stereocenters. The number of carbonyl (C=O) groups excluding carboxylic acids is 1. The summed E-state index contributed by atoms with van der Waals surface area (Å²) in [5, 5.41) is 9.43. The molecule has 1 amide bonds. The van der Waals surface area contributed by atoms with E-state index >= 15 is 0 Å². The van der Waals surface area contributed by atoms with Gasteiger partial charge in [0.1, 0.15) is 5.75 Å². The molecule has 210 valence electrons. The lowest BCUT2D eigenvalue weighted by atomic mass is 9.92. The van der Waals surface area contributed by atoms with Crippen LogP contribution in [-0.4, -0.2) is 57.0 Å². The van der Waals surface area contributed by atoms with Gasteiger partial charge in [-0.15, -0.1) is 13.2 Å². The molecule has 39 heavy (non-hydrogen) atoms. The molecule has 0 radical (unpaired) electrons. The topological polar surface area (TPSA) is 132 Å². The maximum atomic E-state index is 12.5. The molecule has 5 rings (SSSR count). The number of amides is 1. The first kappa shape index (κ1) is 27.0. The van der Waals surface area contributed by atoms with E-state index in [2.05, 4.69) is 30.2 Å². The van der Waals surface area contributed by atoms with E-state index in [1.807, 2.05) is 6.33 Å². The van der Waals surface area contributed by atoms with Crippen LogP contribution in [0.25, 0.3) is 11.2 Å². The molecule has 10 nitrogen and oxygen atoms in total. The van der Waals surface area contributed by atoms with E-state index < -0.39 is 18.0 Å². The van der Waals surface area contributed by atoms with Gasteiger partial charge in [-0.05, 0) is 56.7 Å². The number of hydrogen-bond acceptors (Lipinski definition) is 8. The lowest BCUT2D eigenvalue weighted by molar-refractivity contribution is -0.274. The second kappa shape index (κ2) is 11.6. The van der Waals surface area contributed by atoms with Crippen LogP contribution in [0, 0.1) is 0 Å². The number of hydrogen-bond donors (Lipinski definition) is 4. The highest BCUT2D eigenvalue weighted by atomic mass is 19.4. The van der Waals surface area contributed by atoms with Crippen molar-refractivity contribution in [2.75, 3.05) is 23.7 Å². The van der Waals surface area contributed by atoms with Crippen molar-refractivity contribution in [1.82, 2.24) is 24.8 Å². The van der Waals surface area contributed by atoms with Crippen molar-refractivity contribution < 1.29 is 22.7 Å². The number of carbonyl (C=O) groups is 1. The SMILES string of the molecule is NC1CCC(Nc2nc(NCCNC(=O)c3cccc(OC(F)(F)F)c3)c3ncn(C4CCCC4)c3n2)CC1. The Morgan fingerprint density at radius 1 is 1.08 bits per heavy atom. The first-order chi connectivity index (χ1) is 18.7. The summed E-state index contributed by atoms with van der Waals surface area (Å²) in [5.74, 6) is 0.118. The van der Waals surface area contributed by atoms with Gasteiger partial charge in [0.2, 0.25) is 5.95 Å². The Bertz CT molecular complexity index is 1280. The Morgan fingerprint density at radius 3 is 2.59 bits per heavy atom. The van der Waals surface area contributed by atoms with Gasteiger partial charge in [0, 0.05) is 36.8 Å². The number of nitrogens with one attached hydrogen (secondary N) is 3. The van der Waals surface area contributed by atoms with Crippen LogP contribution in [0.4, 0.5) is 24.9 Å². The largest absolute Gasteiger partial charge is 0.573 e. The molecule has 0 atom stereocenters. The average molecular weight is 547 g/mol. The van der Waals surface area contributed by atoms with Crippen molar-refractivity contribution >= 4 is 28.8 Å². The minimum absolute atomic E-state index is 0.0650. The third kappa shape index (κ3) is 6.88. The van der Waals surface area contributed by atoms with Crippen LogP contribution in [0.1, 0.15) is 67.8 Å². The predicted molar refractivity (Wildman–Crippen MR) is 141 cm³/mol. The van der Waals surface area contributed by atoms with Gasteiger partial charge in [0.05, 0.1) is 6.33 Å². The highest BCUT2D eigenvalue weighted by Gasteiger charge is 2.31. The van der Waals surface area contributed by atoms with Crippen LogP contribution >= 0.6 is 0 Å². The third-order valence-electron chi connectivity index (χ3n) is 7.28. The van der Waals surface area contributed by atoms with Crippen LogP contribution in [0.5, 0.6) is 5.75 Å². The maximum Gasteiger partial charge on any atom is 0.573 e. The number of aromatic nitrogens is 4. The normalized spacial score (nSPS) is 20.2. The molecular weight excluding hydrogens is 513 g/mol. The summed E-state index contributed by atoms with van der Waals surface area (Å²) in [5.41, 5.74) is 7.54. The number of nitrogens with two attached hydrogens (primary N) is 1. The van der Waals surface area contributed by atoms with Crippen molar-refractivity contribution in [3.63, 3.8) is 0 Å². The van der Waals surface area contributed by atoms with Crippen molar-refractivity contribution in [3.05, 3.63) is 36.2 Å². The number of imidazole rings is 1. The van der Waals surface area contributed by atoms with E-state index in [1.165, 1.54) is 25.0 Å². The second-order valence-electron chi connectivity index (χ2n) is 10.2. The Kier molecular flexibility index (Phi) is 8.05. The first-order valence-electron chi connectivity index (χ1n) is 13.4. The Balaban J connectivity index is 1.26. The molecule has 0 spiro atoms. The monoisotopic (exact) mass is 546 g/mol. The fourth-order valence-corrected chi connectivity index (χ4v) is 5.29. The summed E-state index contributed by atoms with van der Waals surface area (Å²) in [4.78, 5) is 26.6. The van der Waals surface area contributed by atoms with E-state index in [1.54, 1.807) is 0 Å². The van der Waals surface area contributed by atoms with E-state index in [-0.39, 0.29) is 24.2 Å². The summed E-state index contributed by atoms with van der Waals surface area (Å²) >= 11 is 0. The zero-order valence-corrected chi connectivity index (χ0v) is 21.5. The van der Waals surface area contributed by atoms with E-state index in [0.717, 1.165) is 56.3 Å². The highest BCUT2D eigenvalue weighted by molar-refractivity contribution is 5.94.